The number of halogens is 1. The van der Waals surface area contributed by atoms with E-state index in [-0.39, 0.29) is 0 Å². The van der Waals surface area contributed by atoms with E-state index in [1.165, 1.54) is 5.56 Å². The molecular weight excluding hydrogens is 280 g/mol. The van der Waals surface area contributed by atoms with Crippen LogP contribution in [0.5, 0.6) is 0 Å². The highest BCUT2D eigenvalue weighted by molar-refractivity contribution is 9.10. The first kappa shape index (κ1) is 12.1. The Kier molecular flexibility index (Phi) is 3.78. The molecule has 0 aliphatic carbocycles. The van der Waals surface area contributed by atoms with Crippen LogP contribution in [0.2, 0.25) is 0 Å². The molecule has 1 N–H and O–H groups in total. The van der Waals surface area contributed by atoms with Crippen molar-refractivity contribution in [1.29, 1.82) is 0 Å². The van der Waals surface area contributed by atoms with E-state index in [4.69, 9.17) is 0 Å². The zero-order valence-corrected chi connectivity index (χ0v) is 11.5. The zero-order valence-electron chi connectivity index (χ0n) is 9.94. The average Bonchev–Trinajstić information content (AvgIpc) is 2.73. The van der Waals surface area contributed by atoms with Crippen LogP contribution in [0, 0.1) is 0 Å². The quantitative estimate of drug-likeness (QED) is 0.943. The monoisotopic (exact) mass is 294 g/mol. The summed E-state index contributed by atoms with van der Waals surface area (Å²) in [4.78, 5) is 0. The van der Waals surface area contributed by atoms with E-state index < -0.39 is 0 Å². The van der Waals surface area contributed by atoms with Gasteiger partial charge in [0.1, 0.15) is 5.69 Å². The molecule has 17 heavy (non-hydrogen) atoms. The predicted octanol–water partition coefficient (Wildman–Crippen LogP) is 2.75. The normalized spacial score (nSPS) is 10.5. The van der Waals surface area contributed by atoms with Crippen molar-refractivity contribution in [3.8, 4) is 0 Å². The van der Waals surface area contributed by atoms with Crippen molar-refractivity contribution >= 4 is 21.6 Å². The SMILES string of the molecule is CCc1cc(Br)ccc1NCc1cn(C)nn1. The number of rotatable bonds is 4. The Morgan fingerprint density at radius 2 is 2.24 bits per heavy atom. The highest BCUT2D eigenvalue weighted by Crippen LogP contribution is 2.21. The minimum atomic E-state index is 0.697. The lowest BCUT2D eigenvalue weighted by Gasteiger charge is -2.10. The van der Waals surface area contributed by atoms with Crippen molar-refractivity contribution in [2.45, 2.75) is 19.9 Å². The van der Waals surface area contributed by atoms with E-state index in [0.29, 0.717) is 6.54 Å². The minimum Gasteiger partial charge on any atom is -0.379 e. The van der Waals surface area contributed by atoms with Gasteiger partial charge in [-0.2, -0.15) is 0 Å². The molecule has 0 aliphatic heterocycles. The van der Waals surface area contributed by atoms with Crippen LogP contribution in [0.3, 0.4) is 0 Å². The second kappa shape index (κ2) is 5.31. The van der Waals surface area contributed by atoms with Crippen LogP contribution in [0.25, 0.3) is 0 Å². The molecule has 0 spiro atoms. The molecule has 1 aromatic heterocycles. The fourth-order valence-corrected chi connectivity index (χ4v) is 2.10. The van der Waals surface area contributed by atoms with Gasteiger partial charge in [0.2, 0.25) is 0 Å². The molecule has 0 fully saturated rings. The van der Waals surface area contributed by atoms with Gasteiger partial charge in [-0.1, -0.05) is 28.1 Å². The van der Waals surface area contributed by atoms with Gasteiger partial charge in [0.25, 0.3) is 0 Å². The molecule has 0 radical (unpaired) electrons. The molecule has 0 bridgehead atoms. The molecule has 1 heterocycles. The number of benzene rings is 1. The van der Waals surface area contributed by atoms with Gasteiger partial charge in [0.15, 0.2) is 0 Å². The first-order chi connectivity index (χ1) is 8.19. The van der Waals surface area contributed by atoms with Crippen molar-refractivity contribution < 1.29 is 0 Å². The van der Waals surface area contributed by atoms with E-state index >= 15 is 0 Å². The standard InChI is InChI=1S/C12H15BrN4/c1-3-9-6-10(13)4-5-12(9)14-7-11-8-17(2)16-15-11/h4-6,8,14H,3,7H2,1-2H3. The minimum absolute atomic E-state index is 0.697. The molecule has 0 aliphatic rings. The Hall–Kier alpha value is -1.36. The molecular formula is C12H15BrN4. The number of aryl methyl sites for hydroxylation is 2. The summed E-state index contributed by atoms with van der Waals surface area (Å²) in [6, 6.07) is 6.26. The van der Waals surface area contributed by atoms with Crippen molar-refractivity contribution in [2.75, 3.05) is 5.32 Å². The number of anilines is 1. The van der Waals surface area contributed by atoms with E-state index in [2.05, 4.69) is 50.6 Å². The predicted molar refractivity (Wildman–Crippen MR) is 71.8 cm³/mol. The van der Waals surface area contributed by atoms with Crippen LogP contribution in [0.1, 0.15) is 18.2 Å². The Morgan fingerprint density at radius 1 is 1.41 bits per heavy atom. The Balaban J connectivity index is 2.08. The van der Waals surface area contributed by atoms with Crippen LogP contribution >= 0.6 is 15.9 Å². The van der Waals surface area contributed by atoms with Crippen LogP contribution in [-0.2, 0) is 20.0 Å². The molecule has 0 atom stereocenters. The molecule has 0 amide bonds. The lowest BCUT2D eigenvalue weighted by molar-refractivity contribution is 0.713. The molecule has 0 saturated carbocycles. The third kappa shape index (κ3) is 3.06. The molecule has 0 unspecified atom stereocenters. The summed E-state index contributed by atoms with van der Waals surface area (Å²) in [6.45, 7) is 2.84. The summed E-state index contributed by atoms with van der Waals surface area (Å²) in [7, 11) is 1.87. The average molecular weight is 295 g/mol. The first-order valence-electron chi connectivity index (χ1n) is 5.56. The number of aromatic nitrogens is 3. The number of nitrogens with one attached hydrogen (secondary N) is 1. The van der Waals surface area contributed by atoms with Gasteiger partial charge in [0, 0.05) is 23.4 Å². The van der Waals surface area contributed by atoms with E-state index in [0.717, 1.165) is 22.3 Å². The topological polar surface area (TPSA) is 42.7 Å². The van der Waals surface area contributed by atoms with Gasteiger partial charge in [0.05, 0.1) is 6.54 Å². The van der Waals surface area contributed by atoms with Gasteiger partial charge in [-0.15, -0.1) is 5.10 Å². The maximum absolute atomic E-state index is 4.05. The van der Waals surface area contributed by atoms with Crippen LogP contribution in [0.4, 0.5) is 5.69 Å². The summed E-state index contributed by atoms with van der Waals surface area (Å²) in [6.07, 6.45) is 2.92. The first-order valence-corrected chi connectivity index (χ1v) is 6.36. The summed E-state index contributed by atoms with van der Waals surface area (Å²) in [5, 5.41) is 11.3. The molecule has 1 aromatic carbocycles. The highest BCUT2D eigenvalue weighted by Gasteiger charge is 2.03. The molecule has 90 valence electrons. The van der Waals surface area contributed by atoms with Crippen LogP contribution in [-0.4, -0.2) is 15.0 Å². The summed E-state index contributed by atoms with van der Waals surface area (Å²) in [5.41, 5.74) is 3.39. The van der Waals surface area contributed by atoms with Gasteiger partial charge < -0.3 is 5.32 Å². The maximum Gasteiger partial charge on any atom is 0.102 e. The van der Waals surface area contributed by atoms with Gasteiger partial charge in [-0.25, -0.2) is 0 Å². The Bertz CT molecular complexity index is 507. The second-order valence-electron chi connectivity index (χ2n) is 3.89. The van der Waals surface area contributed by atoms with Gasteiger partial charge in [-0.3, -0.25) is 4.68 Å². The van der Waals surface area contributed by atoms with Gasteiger partial charge >= 0.3 is 0 Å². The largest absolute Gasteiger partial charge is 0.379 e. The lowest BCUT2D eigenvalue weighted by Crippen LogP contribution is -2.02. The van der Waals surface area contributed by atoms with Gasteiger partial charge in [-0.05, 0) is 30.2 Å². The van der Waals surface area contributed by atoms with E-state index in [1.54, 1.807) is 4.68 Å². The van der Waals surface area contributed by atoms with Crippen LogP contribution < -0.4 is 5.32 Å². The molecule has 5 heteroatoms. The number of hydrogen-bond acceptors (Lipinski definition) is 3. The number of nitrogens with zero attached hydrogens (tertiary/aromatic N) is 3. The molecule has 0 saturated heterocycles. The fourth-order valence-electron chi connectivity index (χ4n) is 1.69. The molecule has 2 rings (SSSR count). The highest BCUT2D eigenvalue weighted by atomic mass is 79.9. The van der Waals surface area contributed by atoms with Crippen molar-refractivity contribution in [1.82, 2.24) is 15.0 Å². The van der Waals surface area contributed by atoms with Crippen LogP contribution in [0.15, 0.2) is 28.9 Å². The Labute approximate surface area is 109 Å². The van der Waals surface area contributed by atoms with Crippen molar-refractivity contribution in [3.63, 3.8) is 0 Å². The molecule has 4 nitrogen and oxygen atoms in total. The fraction of sp³-hybridized carbons (Fsp3) is 0.333. The third-order valence-corrected chi connectivity index (χ3v) is 3.05. The Morgan fingerprint density at radius 3 is 2.88 bits per heavy atom. The third-order valence-electron chi connectivity index (χ3n) is 2.56. The second-order valence-corrected chi connectivity index (χ2v) is 4.81. The summed E-state index contributed by atoms with van der Waals surface area (Å²) >= 11 is 3.48. The van der Waals surface area contributed by atoms with Crippen molar-refractivity contribution in [2.24, 2.45) is 7.05 Å². The summed E-state index contributed by atoms with van der Waals surface area (Å²) < 4.78 is 2.82. The van der Waals surface area contributed by atoms with E-state index in [9.17, 15) is 0 Å². The van der Waals surface area contributed by atoms with E-state index in [1.807, 2.05) is 19.3 Å². The zero-order chi connectivity index (χ0) is 12.3. The smallest absolute Gasteiger partial charge is 0.102 e. The lowest BCUT2D eigenvalue weighted by atomic mass is 10.1. The molecule has 2 aromatic rings. The number of hydrogen-bond donors (Lipinski definition) is 1. The summed E-state index contributed by atoms with van der Waals surface area (Å²) in [5.74, 6) is 0. The maximum atomic E-state index is 4.05. The van der Waals surface area contributed by atoms with Crippen molar-refractivity contribution in [3.05, 3.63) is 40.1 Å².